The molecule has 0 spiro atoms. The molecule has 0 fully saturated rings. The molecular weight excluding hydrogens is 320 g/mol. The van der Waals surface area contributed by atoms with E-state index in [1.807, 2.05) is 6.07 Å². The van der Waals surface area contributed by atoms with Gasteiger partial charge in [0, 0.05) is 6.08 Å². The van der Waals surface area contributed by atoms with Crippen LogP contribution < -0.4 is 9.47 Å². The van der Waals surface area contributed by atoms with E-state index in [1.165, 1.54) is 26.4 Å². The van der Waals surface area contributed by atoms with Crippen LogP contribution in [0.4, 0.5) is 0 Å². The molecule has 5 heteroatoms. The standard InChI is InChI=1S/C20H18O5/c1-24-16-9-11-19(25-2)17(13-16)18(21)10-8-15(12-20(22)23)14-6-4-3-5-7-14/h3-13H,1-2H3,(H,22,23)/b10-8+,15-12+. The number of ketones is 1. The second kappa shape index (κ2) is 8.49. The molecule has 0 aliphatic rings. The lowest BCUT2D eigenvalue weighted by molar-refractivity contribution is -0.131. The summed E-state index contributed by atoms with van der Waals surface area (Å²) < 4.78 is 10.3. The van der Waals surface area contributed by atoms with Crippen molar-refractivity contribution in [3.63, 3.8) is 0 Å². The number of aliphatic carboxylic acids is 1. The minimum Gasteiger partial charge on any atom is -0.497 e. The molecule has 0 atom stereocenters. The molecule has 2 rings (SSSR count). The molecule has 0 amide bonds. The molecule has 1 N–H and O–H groups in total. The molecule has 0 unspecified atom stereocenters. The second-order valence-corrected chi connectivity index (χ2v) is 5.07. The van der Waals surface area contributed by atoms with Gasteiger partial charge in [-0.05, 0) is 35.4 Å². The van der Waals surface area contributed by atoms with E-state index in [4.69, 9.17) is 14.6 Å². The molecule has 0 radical (unpaired) electrons. The fourth-order valence-corrected chi connectivity index (χ4v) is 2.25. The first-order chi connectivity index (χ1) is 12.0. The number of carbonyl (C=O) groups excluding carboxylic acids is 1. The minimum absolute atomic E-state index is 0.317. The largest absolute Gasteiger partial charge is 0.497 e. The van der Waals surface area contributed by atoms with Gasteiger partial charge in [-0.1, -0.05) is 36.4 Å². The van der Waals surface area contributed by atoms with Gasteiger partial charge in [-0.15, -0.1) is 0 Å². The highest BCUT2D eigenvalue weighted by Crippen LogP contribution is 2.25. The van der Waals surface area contributed by atoms with E-state index < -0.39 is 5.97 Å². The highest BCUT2D eigenvalue weighted by atomic mass is 16.5. The lowest BCUT2D eigenvalue weighted by atomic mass is 10.0. The molecule has 0 aromatic heterocycles. The summed E-state index contributed by atoms with van der Waals surface area (Å²) in [6.45, 7) is 0. The number of carboxylic acids is 1. The first-order valence-electron chi connectivity index (χ1n) is 7.49. The molecule has 25 heavy (non-hydrogen) atoms. The van der Waals surface area contributed by atoms with Crippen LogP contribution >= 0.6 is 0 Å². The Bertz CT molecular complexity index is 819. The zero-order valence-electron chi connectivity index (χ0n) is 13.9. The Labute approximate surface area is 145 Å². The van der Waals surface area contributed by atoms with Crippen LogP contribution in [-0.2, 0) is 4.79 Å². The molecular formula is C20H18O5. The van der Waals surface area contributed by atoms with Gasteiger partial charge >= 0.3 is 5.97 Å². The fraction of sp³-hybridized carbons (Fsp3) is 0.100. The molecule has 0 heterocycles. The van der Waals surface area contributed by atoms with Crippen molar-refractivity contribution in [3.8, 4) is 11.5 Å². The summed E-state index contributed by atoms with van der Waals surface area (Å²) in [6.07, 6.45) is 3.85. The van der Waals surface area contributed by atoms with Crippen LogP contribution in [0, 0.1) is 0 Å². The lowest BCUT2D eigenvalue weighted by Gasteiger charge is -2.08. The number of hydrogen-bond donors (Lipinski definition) is 1. The molecule has 0 aliphatic heterocycles. The number of ether oxygens (including phenoxy) is 2. The van der Waals surface area contributed by atoms with Crippen molar-refractivity contribution < 1.29 is 24.2 Å². The quantitative estimate of drug-likeness (QED) is 0.474. The Morgan fingerprint density at radius 2 is 1.68 bits per heavy atom. The van der Waals surface area contributed by atoms with Gasteiger partial charge in [0.05, 0.1) is 19.8 Å². The fourth-order valence-electron chi connectivity index (χ4n) is 2.25. The predicted molar refractivity (Wildman–Crippen MR) is 95.1 cm³/mol. The van der Waals surface area contributed by atoms with Gasteiger partial charge in [0.15, 0.2) is 5.78 Å². The van der Waals surface area contributed by atoms with Crippen LogP contribution in [0.5, 0.6) is 11.5 Å². The Balaban J connectivity index is 2.36. The van der Waals surface area contributed by atoms with Crippen LogP contribution in [0.3, 0.4) is 0 Å². The average molecular weight is 338 g/mol. The van der Waals surface area contributed by atoms with Gasteiger partial charge in [-0.25, -0.2) is 4.79 Å². The van der Waals surface area contributed by atoms with Gasteiger partial charge in [-0.2, -0.15) is 0 Å². The van der Waals surface area contributed by atoms with E-state index >= 15 is 0 Å². The summed E-state index contributed by atoms with van der Waals surface area (Å²) in [5, 5.41) is 9.05. The maximum Gasteiger partial charge on any atom is 0.328 e. The van der Waals surface area contributed by atoms with Gasteiger partial charge in [0.2, 0.25) is 0 Å². The van der Waals surface area contributed by atoms with E-state index in [1.54, 1.807) is 42.5 Å². The topological polar surface area (TPSA) is 72.8 Å². The Morgan fingerprint density at radius 1 is 0.960 bits per heavy atom. The molecule has 0 saturated heterocycles. The summed E-state index contributed by atoms with van der Waals surface area (Å²) in [6, 6.07) is 13.9. The van der Waals surface area contributed by atoms with Gasteiger partial charge in [0.25, 0.3) is 0 Å². The number of carbonyl (C=O) groups is 2. The summed E-state index contributed by atoms with van der Waals surface area (Å²) in [7, 11) is 2.98. The number of methoxy groups -OCH3 is 2. The Morgan fingerprint density at radius 3 is 2.28 bits per heavy atom. The van der Waals surface area contributed by atoms with Gasteiger partial charge < -0.3 is 14.6 Å². The number of allylic oxidation sites excluding steroid dienone is 3. The molecule has 128 valence electrons. The molecule has 2 aromatic rings. The van der Waals surface area contributed by atoms with Crippen molar-refractivity contribution in [1.29, 1.82) is 0 Å². The third-order valence-corrected chi connectivity index (χ3v) is 3.47. The third kappa shape index (κ3) is 4.81. The van der Waals surface area contributed by atoms with Crippen molar-refractivity contribution in [2.75, 3.05) is 14.2 Å². The summed E-state index contributed by atoms with van der Waals surface area (Å²) in [4.78, 5) is 23.6. The van der Waals surface area contributed by atoms with E-state index in [2.05, 4.69) is 0 Å². The summed E-state index contributed by atoms with van der Waals surface area (Å²) in [5.41, 5.74) is 1.45. The maximum absolute atomic E-state index is 12.5. The predicted octanol–water partition coefficient (Wildman–Crippen LogP) is 3.61. The van der Waals surface area contributed by atoms with E-state index in [9.17, 15) is 9.59 Å². The molecule has 0 aliphatic carbocycles. The van der Waals surface area contributed by atoms with E-state index in [0.717, 1.165) is 6.08 Å². The normalized spacial score (nSPS) is 11.4. The summed E-state index contributed by atoms with van der Waals surface area (Å²) in [5.74, 6) is -0.460. The van der Waals surface area contributed by atoms with E-state index in [-0.39, 0.29) is 5.78 Å². The van der Waals surface area contributed by atoms with Crippen molar-refractivity contribution in [2.24, 2.45) is 0 Å². The lowest BCUT2D eigenvalue weighted by Crippen LogP contribution is -2.00. The van der Waals surface area contributed by atoms with Crippen LogP contribution in [0.2, 0.25) is 0 Å². The number of benzene rings is 2. The highest BCUT2D eigenvalue weighted by molar-refractivity contribution is 6.08. The smallest absolute Gasteiger partial charge is 0.328 e. The van der Waals surface area contributed by atoms with Crippen LogP contribution in [0.1, 0.15) is 15.9 Å². The highest BCUT2D eigenvalue weighted by Gasteiger charge is 2.11. The zero-order chi connectivity index (χ0) is 18.2. The molecule has 0 saturated carbocycles. The summed E-state index contributed by atoms with van der Waals surface area (Å²) >= 11 is 0. The third-order valence-electron chi connectivity index (χ3n) is 3.47. The minimum atomic E-state index is -1.09. The van der Waals surface area contributed by atoms with Crippen molar-refractivity contribution in [1.82, 2.24) is 0 Å². The molecule has 2 aromatic carbocycles. The first-order valence-corrected chi connectivity index (χ1v) is 7.49. The first kappa shape index (κ1) is 18.0. The Kier molecular flexibility index (Phi) is 6.12. The monoisotopic (exact) mass is 338 g/mol. The Hall–Kier alpha value is -3.34. The number of rotatable bonds is 7. The molecule has 0 bridgehead atoms. The van der Waals surface area contributed by atoms with Crippen molar-refractivity contribution in [2.45, 2.75) is 0 Å². The van der Waals surface area contributed by atoms with Crippen LogP contribution in [0.25, 0.3) is 5.57 Å². The van der Waals surface area contributed by atoms with Crippen molar-refractivity contribution in [3.05, 3.63) is 77.9 Å². The van der Waals surface area contributed by atoms with E-state index in [0.29, 0.717) is 28.2 Å². The zero-order valence-corrected chi connectivity index (χ0v) is 13.9. The van der Waals surface area contributed by atoms with Gasteiger partial charge in [0.1, 0.15) is 11.5 Å². The number of hydrogen-bond acceptors (Lipinski definition) is 4. The van der Waals surface area contributed by atoms with Crippen LogP contribution in [-0.4, -0.2) is 31.1 Å². The van der Waals surface area contributed by atoms with Gasteiger partial charge in [-0.3, -0.25) is 4.79 Å². The van der Waals surface area contributed by atoms with Crippen molar-refractivity contribution >= 4 is 17.3 Å². The maximum atomic E-state index is 12.5. The molecule has 5 nitrogen and oxygen atoms in total. The van der Waals surface area contributed by atoms with Crippen LogP contribution in [0.15, 0.2) is 66.8 Å². The second-order valence-electron chi connectivity index (χ2n) is 5.07. The average Bonchev–Trinajstić information content (AvgIpc) is 2.64. The number of carboxylic acid groups (broad SMARTS) is 1. The SMILES string of the molecule is COc1ccc(OC)c(C(=O)/C=C/C(=C\C(=O)O)c2ccccc2)c1.